The Balaban J connectivity index is 3.55. The lowest BCUT2D eigenvalue weighted by atomic mass is 10.2. The highest BCUT2D eigenvalue weighted by atomic mass is 14.7. The van der Waals surface area contributed by atoms with Crippen molar-refractivity contribution in [1.29, 1.82) is 0 Å². The first-order chi connectivity index (χ1) is 4.31. The fourth-order valence-electron chi connectivity index (χ4n) is 0.403. The summed E-state index contributed by atoms with van der Waals surface area (Å²) in [6.45, 7) is 7.17. The maximum atomic E-state index is 4.06. The van der Waals surface area contributed by atoms with Crippen molar-refractivity contribution < 1.29 is 0 Å². The van der Waals surface area contributed by atoms with Crippen LogP contribution in [0.15, 0.2) is 16.6 Å². The summed E-state index contributed by atoms with van der Waals surface area (Å²) in [7, 11) is 0. The summed E-state index contributed by atoms with van der Waals surface area (Å²) < 4.78 is 0. The standard InChI is InChI=1S/C8H15N/c1-4-8(3)6-7-9-5-2/h6-7H,4-5H2,1-3H3/b8-6+,9-7-. The fraction of sp³-hybridized carbons (Fsp3) is 0.625. The van der Waals surface area contributed by atoms with Gasteiger partial charge in [0.15, 0.2) is 0 Å². The van der Waals surface area contributed by atoms with Crippen LogP contribution in [0.5, 0.6) is 0 Å². The molecule has 0 radical (unpaired) electrons. The largest absolute Gasteiger partial charge is 0.293 e. The van der Waals surface area contributed by atoms with Gasteiger partial charge >= 0.3 is 0 Å². The number of nitrogens with zero attached hydrogens (tertiary/aromatic N) is 1. The molecule has 52 valence electrons. The van der Waals surface area contributed by atoms with Gasteiger partial charge < -0.3 is 0 Å². The Morgan fingerprint density at radius 3 is 2.56 bits per heavy atom. The van der Waals surface area contributed by atoms with Crippen LogP contribution in [0.2, 0.25) is 0 Å². The molecular weight excluding hydrogens is 110 g/mol. The highest BCUT2D eigenvalue weighted by Crippen LogP contribution is 1.94. The van der Waals surface area contributed by atoms with E-state index in [-0.39, 0.29) is 0 Å². The van der Waals surface area contributed by atoms with E-state index in [1.54, 1.807) is 0 Å². The van der Waals surface area contributed by atoms with E-state index < -0.39 is 0 Å². The quantitative estimate of drug-likeness (QED) is 0.514. The highest BCUT2D eigenvalue weighted by molar-refractivity contribution is 5.71. The van der Waals surface area contributed by atoms with Crippen LogP contribution in [0.4, 0.5) is 0 Å². The maximum Gasteiger partial charge on any atom is 0.0360 e. The Labute approximate surface area is 57.5 Å². The lowest BCUT2D eigenvalue weighted by molar-refractivity contribution is 1.10. The van der Waals surface area contributed by atoms with Crippen LogP contribution in [-0.4, -0.2) is 12.8 Å². The molecule has 0 rings (SSSR count). The number of allylic oxidation sites excluding steroid dienone is 2. The van der Waals surface area contributed by atoms with Crippen molar-refractivity contribution in [2.45, 2.75) is 27.2 Å². The molecule has 0 aliphatic heterocycles. The van der Waals surface area contributed by atoms with Crippen molar-refractivity contribution in [2.24, 2.45) is 4.99 Å². The van der Waals surface area contributed by atoms with E-state index in [4.69, 9.17) is 0 Å². The smallest absolute Gasteiger partial charge is 0.0360 e. The minimum absolute atomic E-state index is 0.882. The van der Waals surface area contributed by atoms with E-state index in [1.807, 2.05) is 13.1 Å². The average molecular weight is 125 g/mol. The second kappa shape index (κ2) is 5.54. The van der Waals surface area contributed by atoms with E-state index in [0.717, 1.165) is 13.0 Å². The van der Waals surface area contributed by atoms with Gasteiger partial charge in [0.2, 0.25) is 0 Å². The van der Waals surface area contributed by atoms with Crippen LogP contribution in [0.3, 0.4) is 0 Å². The summed E-state index contributed by atoms with van der Waals surface area (Å²) in [5, 5.41) is 0. The molecule has 0 amide bonds. The van der Waals surface area contributed by atoms with Gasteiger partial charge in [0.25, 0.3) is 0 Å². The summed E-state index contributed by atoms with van der Waals surface area (Å²) in [6, 6.07) is 0. The van der Waals surface area contributed by atoms with Crippen LogP contribution in [0, 0.1) is 0 Å². The second-order valence-electron chi connectivity index (χ2n) is 2.01. The SMILES string of the molecule is CC/N=C\C=C(/C)CC. The third kappa shape index (κ3) is 5.28. The molecule has 0 unspecified atom stereocenters. The number of aliphatic imine (C=N–C) groups is 1. The van der Waals surface area contributed by atoms with Crippen LogP contribution in [0.1, 0.15) is 27.2 Å². The first kappa shape index (κ1) is 8.41. The van der Waals surface area contributed by atoms with E-state index in [0.29, 0.717) is 0 Å². The molecule has 0 spiro atoms. The summed E-state index contributed by atoms with van der Waals surface area (Å²) >= 11 is 0. The number of hydrogen-bond donors (Lipinski definition) is 0. The molecule has 0 aromatic rings. The number of rotatable bonds is 3. The lowest BCUT2D eigenvalue weighted by Gasteiger charge is -1.87. The molecule has 0 aliphatic carbocycles. The van der Waals surface area contributed by atoms with Gasteiger partial charge in [-0.05, 0) is 26.3 Å². The van der Waals surface area contributed by atoms with Gasteiger partial charge in [0.05, 0.1) is 0 Å². The highest BCUT2D eigenvalue weighted by Gasteiger charge is 1.76. The van der Waals surface area contributed by atoms with Gasteiger partial charge in [0, 0.05) is 12.8 Å². The van der Waals surface area contributed by atoms with Gasteiger partial charge in [-0.25, -0.2) is 0 Å². The lowest BCUT2D eigenvalue weighted by Crippen LogP contribution is -1.74. The average Bonchev–Trinajstić information content (AvgIpc) is 1.89. The van der Waals surface area contributed by atoms with Crippen molar-refractivity contribution in [3.05, 3.63) is 11.6 Å². The van der Waals surface area contributed by atoms with Crippen molar-refractivity contribution in [2.75, 3.05) is 6.54 Å². The van der Waals surface area contributed by atoms with E-state index >= 15 is 0 Å². The van der Waals surface area contributed by atoms with Gasteiger partial charge in [-0.3, -0.25) is 4.99 Å². The monoisotopic (exact) mass is 125 g/mol. The Kier molecular flexibility index (Phi) is 5.18. The zero-order valence-electron chi connectivity index (χ0n) is 6.52. The summed E-state index contributed by atoms with van der Waals surface area (Å²) in [6.07, 6.45) is 5.05. The third-order valence-electron chi connectivity index (χ3n) is 1.20. The Hall–Kier alpha value is -0.590. The first-order valence-corrected chi connectivity index (χ1v) is 3.46. The van der Waals surface area contributed by atoms with Crippen LogP contribution < -0.4 is 0 Å². The molecule has 0 saturated heterocycles. The van der Waals surface area contributed by atoms with Gasteiger partial charge in [-0.2, -0.15) is 0 Å². The van der Waals surface area contributed by atoms with Crippen molar-refractivity contribution in [3.8, 4) is 0 Å². The molecule has 0 aliphatic rings. The third-order valence-corrected chi connectivity index (χ3v) is 1.20. The van der Waals surface area contributed by atoms with Crippen molar-refractivity contribution >= 4 is 6.21 Å². The Morgan fingerprint density at radius 1 is 1.44 bits per heavy atom. The number of hydrogen-bond acceptors (Lipinski definition) is 1. The van der Waals surface area contributed by atoms with Gasteiger partial charge in [0.1, 0.15) is 0 Å². The van der Waals surface area contributed by atoms with E-state index in [9.17, 15) is 0 Å². The molecule has 0 aromatic carbocycles. The molecule has 0 saturated carbocycles. The predicted octanol–water partition coefficient (Wildman–Crippen LogP) is 2.43. The Bertz CT molecular complexity index is 112. The van der Waals surface area contributed by atoms with Crippen LogP contribution in [-0.2, 0) is 0 Å². The molecule has 0 heterocycles. The first-order valence-electron chi connectivity index (χ1n) is 3.46. The van der Waals surface area contributed by atoms with Gasteiger partial charge in [-0.15, -0.1) is 0 Å². The molecule has 0 N–H and O–H groups in total. The fourth-order valence-corrected chi connectivity index (χ4v) is 0.403. The van der Waals surface area contributed by atoms with Gasteiger partial charge in [-0.1, -0.05) is 12.5 Å². The Morgan fingerprint density at radius 2 is 2.11 bits per heavy atom. The molecule has 0 fully saturated rings. The second-order valence-corrected chi connectivity index (χ2v) is 2.01. The molecule has 1 nitrogen and oxygen atoms in total. The molecule has 9 heavy (non-hydrogen) atoms. The molecule has 0 bridgehead atoms. The summed E-state index contributed by atoms with van der Waals surface area (Å²) in [5.41, 5.74) is 1.38. The minimum atomic E-state index is 0.882. The summed E-state index contributed by atoms with van der Waals surface area (Å²) in [4.78, 5) is 4.06. The van der Waals surface area contributed by atoms with E-state index in [2.05, 4.69) is 24.9 Å². The van der Waals surface area contributed by atoms with Crippen molar-refractivity contribution in [3.63, 3.8) is 0 Å². The molecule has 0 aromatic heterocycles. The molecule has 1 heteroatoms. The van der Waals surface area contributed by atoms with Crippen LogP contribution in [0.25, 0.3) is 0 Å². The summed E-state index contributed by atoms with van der Waals surface area (Å²) in [5.74, 6) is 0. The zero-order valence-corrected chi connectivity index (χ0v) is 6.52. The van der Waals surface area contributed by atoms with Crippen molar-refractivity contribution in [1.82, 2.24) is 0 Å². The minimum Gasteiger partial charge on any atom is -0.293 e. The normalized spacial score (nSPS) is 13.0. The zero-order chi connectivity index (χ0) is 7.11. The molecule has 0 atom stereocenters. The predicted molar refractivity (Wildman–Crippen MR) is 43.1 cm³/mol. The molecular formula is C8H15N. The van der Waals surface area contributed by atoms with E-state index in [1.165, 1.54) is 5.57 Å². The topological polar surface area (TPSA) is 12.4 Å². The van der Waals surface area contributed by atoms with Crippen LogP contribution >= 0.6 is 0 Å². The maximum absolute atomic E-state index is 4.06.